The molecule has 0 unspecified atom stereocenters. The first-order valence-electron chi connectivity index (χ1n) is 9.70. The maximum absolute atomic E-state index is 13.3. The normalized spacial score (nSPS) is 20.5. The van der Waals surface area contributed by atoms with Gasteiger partial charge in [-0.25, -0.2) is 13.3 Å². The molecule has 2 aromatic carbocycles. The third-order valence-corrected chi connectivity index (χ3v) is 7.45. The minimum atomic E-state index is -4.72. The number of piperazine rings is 1. The molecule has 0 radical (unpaired) electrons. The van der Waals surface area contributed by atoms with E-state index in [4.69, 9.17) is 6.57 Å². The van der Waals surface area contributed by atoms with E-state index in [1.165, 1.54) is 6.07 Å². The van der Waals surface area contributed by atoms with E-state index in [2.05, 4.69) is 4.85 Å². The van der Waals surface area contributed by atoms with Crippen molar-refractivity contribution in [1.82, 2.24) is 4.31 Å². The zero-order valence-corrected chi connectivity index (χ0v) is 18.3. The quantitative estimate of drug-likeness (QED) is 0.417. The summed E-state index contributed by atoms with van der Waals surface area (Å²) in [6.07, 6.45) is -9.33. The van der Waals surface area contributed by atoms with Gasteiger partial charge in [-0.3, -0.25) is 0 Å². The number of rotatable bonds is 3. The van der Waals surface area contributed by atoms with Crippen LogP contribution in [0.1, 0.15) is 25.0 Å². The van der Waals surface area contributed by atoms with Crippen molar-refractivity contribution in [3.8, 4) is 0 Å². The Labute approximate surface area is 187 Å². The van der Waals surface area contributed by atoms with Crippen molar-refractivity contribution in [2.24, 2.45) is 0 Å². The molecule has 178 valence electrons. The lowest BCUT2D eigenvalue weighted by Gasteiger charge is -2.44. The molecule has 0 N–H and O–H groups in total. The largest absolute Gasteiger partial charge is 0.416 e. The first kappa shape index (κ1) is 24.9. The van der Waals surface area contributed by atoms with Crippen molar-refractivity contribution in [2.75, 3.05) is 18.0 Å². The van der Waals surface area contributed by atoms with Crippen molar-refractivity contribution in [2.45, 2.75) is 43.2 Å². The number of anilines is 1. The number of sulfonamides is 1. The van der Waals surface area contributed by atoms with Crippen LogP contribution in [0, 0.1) is 6.57 Å². The first-order valence-corrected chi connectivity index (χ1v) is 11.1. The highest BCUT2D eigenvalue weighted by atomic mass is 32.2. The molecule has 3 rings (SSSR count). The molecule has 1 aliphatic heterocycles. The fourth-order valence-electron chi connectivity index (χ4n) is 3.77. The van der Waals surface area contributed by atoms with Crippen molar-refractivity contribution < 1.29 is 34.8 Å². The second-order valence-electron chi connectivity index (χ2n) is 7.76. The number of hydrogen-bond acceptors (Lipinski definition) is 3. The molecule has 5 nitrogen and oxygen atoms in total. The van der Waals surface area contributed by atoms with Crippen LogP contribution < -0.4 is 4.90 Å². The maximum Gasteiger partial charge on any atom is 0.416 e. The van der Waals surface area contributed by atoms with Crippen LogP contribution in [0.5, 0.6) is 0 Å². The summed E-state index contributed by atoms with van der Waals surface area (Å²) in [4.78, 5) is 4.23. The van der Waals surface area contributed by atoms with Gasteiger partial charge in [0, 0.05) is 30.9 Å². The van der Waals surface area contributed by atoms with Crippen molar-refractivity contribution in [1.29, 1.82) is 0 Å². The summed E-state index contributed by atoms with van der Waals surface area (Å²) in [5.74, 6) is 0. The Hall–Kier alpha value is -2.78. The van der Waals surface area contributed by atoms with E-state index in [9.17, 15) is 34.8 Å². The summed E-state index contributed by atoms with van der Waals surface area (Å²) in [5, 5.41) is 0. The van der Waals surface area contributed by atoms with Crippen LogP contribution in [-0.2, 0) is 22.4 Å². The van der Waals surface area contributed by atoms with Crippen molar-refractivity contribution in [3.63, 3.8) is 0 Å². The SMILES string of the molecule is [C-]#[N+]c1ccc(N2C[C@@H](C)N(S(=O)(=O)c3ccc(C(F)(F)F)cc3)C[C@@H]2C)cc1C(F)(F)F. The molecule has 0 aromatic heterocycles. The molecular weight excluding hydrogens is 472 g/mol. The molecule has 33 heavy (non-hydrogen) atoms. The molecular formula is C21H19F6N3O2S. The number of benzene rings is 2. The van der Waals surface area contributed by atoms with Gasteiger partial charge in [-0.05, 0) is 50.2 Å². The molecule has 0 spiro atoms. The van der Waals surface area contributed by atoms with E-state index in [1.807, 2.05) is 0 Å². The maximum atomic E-state index is 13.3. The lowest BCUT2D eigenvalue weighted by atomic mass is 10.1. The summed E-state index contributed by atoms with van der Waals surface area (Å²) in [5.41, 5.74) is -2.39. The van der Waals surface area contributed by atoms with Gasteiger partial charge in [0.2, 0.25) is 10.0 Å². The molecule has 1 aliphatic rings. The number of halogens is 6. The Morgan fingerprint density at radius 2 is 1.52 bits per heavy atom. The van der Waals surface area contributed by atoms with Gasteiger partial charge in [0.15, 0.2) is 5.69 Å². The number of nitrogens with zero attached hydrogens (tertiary/aromatic N) is 3. The molecule has 0 aliphatic carbocycles. The molecule has 2 atom stereocenters. The predicted molar refractivity (Wildman–Crippen MR) is 109 cm³/mol. The summed E-state index contributed by atoms with van der Waals surface area (Å²) in [7, 11) is -4.13. The highest BCUT2D eigenvalue weighted by molar-refractivity contribution is 7.89. The van der Waals surface area contributed by atoms with Crippen LogP contribution in [-0.4, -0.2) is 37.9 Å². The molecule has 1 heterocycles. The van der Waals surface area contributed by atoms with Gasteiger partial charge >= 0.3 is 12.4 Å². The predicted octanol–water partition coefficient (Wildman–Crippen LogP) is 5.56. The topological polar surface area (TPSA) is 45.0 Å². The Kier molecular flexibility index (Phi) is 6.43. The molecule has 1 saturated heterocycles. The van der Waals surface area contributed by atoms with Gasteiger partial charge < -0.3 is 4.90 Å². The average molecular weight is 491 g/mol. The highest BCUT2D eigenvalue weighted by Gasteiger charge is 2.39. The van der Waals surface area contributed by atoms with E-state index in [0.717, 1.165) is 28.6 Å². The monoisotopic (exact) mass is 491 g/mol. The molecule has 0 saturated carbocycles. The Morgan fingerprint density at radius 1 is 0.909 bits per heavy atom. The Bertz CT molecular complexity index is 1170. The molecule has 0 bridgehead atoms. The minimum Gasteiger partial charge on any atom is -0.366 e. The van der Waals surface area contributed by atoms with Gasteiger partial charge in [-0.2, -0.15) is 30.6 Å². The summed E-state index contributed by atoms with van der Waals surface area (Å²) < 4.78 is 106. The van der Waals surface area contributed by atoms with Gasteiger partial charge in [-0.1, -0.05) is 6.07 Å². The summed E-state index contributed by atoms with van der Waals surface area (Å²) in [6, 6.07) is 5.27. The zero-order valence-electron chi connectivity index (χ0n) is 17.4. The van der Waals surface area contributed by atoms with Crippen molar-refractivity contribution in [3.05, 3.63) is 65.0 Å². The van der Waals surface area contributed by atoms with E-state index in [-0.39, 0.29) is 23.7 Å². The van der Waals surface area contributed by atoms with E-state index in [1.54, 1.807) is 18.7 Å². The Morgan fingerprint density at radius 3 is 2.03 bits per heavy atom. The van der Waals surface area contributed by atoms with E-state index >= 15 is 0 Å². The average Bonchev–Trinajstić information content (AvgIpc) is 2.73. The van der Waals surface area contributed by atoms with Gasteiger partial charge in [0.05, 0.1) is 22.6 Å². The van der Waals surface area contributed by atoms with Crippen LogP contribution in [0.25, 0.3) is 4.85 Å². The Balaban J connectivity index is 1.88. The van der Waals surface area contributed by atoms with E-state index < -0.39 is 51.3 Å². The lowest BCUT2D eigenvalue weighted by molar-refractivity contribution is -0.138. The zero-order chi connectivity index (χ0) is 24.8. The van der Waals surface area contributed by atoms with Gasteiger partial charge in [0.1, 0.15) is 0 Å². The van der Waals surface area contributed by atoms with Crippen LogP contribution in [0.15, 0.2) is 47.4 Å². The second-order valence-corrected chi connectivity index (χ2v) is 9.65. The van der Waals surface area contributed by atoms with E-state index in [0.29, 0.717) is 12.1 Å². The van der Waals surface area contributed by atoms with Crippen LogP contribution in [0.2, 0.25) is 0 Å². The smallest absolute Gasteiger partial charge is 0.366 e. The standard InChI is InChI=1S/C21H19F6N3O2S/c1-13-12-30(33(31,32)17-7-4-15(5-8-17)20(22,23)24)14(2)11-29(13)16-6-9-19(28-3)18(10-16)21(25,26)27/h4-10,13-14H,11-12H2,1-2H3/t13-,14+/m0/s1. The fraction of sp³-hybridized carbons (Fsp3) is 0.381. The first-order chi connectivity index (χ1) is 15.2. The van der Waals surface area contributed by atoms with Crippen molar-refractivity contribution >= 4 is 21.4 Å². The van der Waals surface area contributed by atoms with Crippen LogP contribution in [0.4, 0.5) is 37.7 Å². The molecule has 2 aromatic rings. The highest BCUT2D eigenvalue weighted by Crippen LogP contribution is 2.40. The third kappa shape index (κ3) is 4.94. The summed E-state index contributed by atoms with van der Waals surface area (Å²) >= 11 is 0. The fourth-order valence-corrected chi connectivity index (χ4v) is 5.47. The number of alkyl halides is 6. The third-order valence-electron chi connectivity index (χ3n) is 5.45. The molecule has 12 heteroatoms. The van der Waals surface area contributed by atoms with Gasteiger partial charge in [0.25, 0.3) is 0 Å². The second kappa shape index (κ2) is 8.53. The minimum absolute atomic E-state index is 0.0513. The number of hydrogen-bond donors (Lipinski definition) is 0. The van der Waals surface area contributed by atoms with Gasteiger partial charge in [-0.15, -0.1) is 0 Å². The van der Waals surface area contributed by atoms with Crippen LogP contribution in [0.3, 0.4) is 0 Å². The molecule has 0 amide bonds. The lowest BCUT2D eigenvalue weighted by Crippen LogP contribution is -2.58. The molecule has 1 fully saturated rings. The van der Waals surface area contributed by atoms with Crippen LogP contribution >= 0.6 is 0 Å². The summed E-state index contributed by atoms with van der Waals surface area (Å²) in [6.45, 7) is 10.1.